The van der Waals surface area contributed by atoms with E-state index in [1.54, 1.807) is 0 Å². The van der Waals surface area contributed by atoms with Crippen LogP contribution in [0.4, 0.5) is 0 Å². The van der Waals surface area contributed by atoms with Crippen LogP contribution in [0.15, 0.2) is 24.3 Å². The van der Waals surface area contributed by atoms with Crippen molar-refractivity contribution in [1.82, 2.24) is 0 Å². The van der Waals surface area contributed by atoms with Crippen LogP contribution in [0.1, 0.15) is 50.7 Å². The van der Waals surface area contributed by atoms with Gasteiger partial charge in [0.2, 0.25) is 0 Å². The average Bonchev–Trinajstić information content (AvgIpc) is 2.45. The molecule has 2 rings (SSSR count). The lowest BCUT2D eigenvalue weighted by atomic mass is 9.84. The lowest BCUT2D eigenvalue weighted by Gasteiger charge is -2.33. The highest BCUT2D eigenvalue weighted by Crippen LogP contribution is 2.34. The standard InChI is InChI=1S/C16H22ClIO/c1-2-12-6-3-4-9-15(12)19-16(11-18)13-7-5-8-14(17)10-13/h5,7-8,10,12,15-16H,2-4,6,9,11H2,1H3. The predicted octanol–water partition coefficient (Wildman–Crippen LogP) is 5.80. The fraction of sp³-hybridized carbons (Fsp3) is 0.625. The minimum absolute atomic E-state index is 0.177. The van der Waals surface area contributed by atoms with Crippen molar-refractivity contribution in [1.29, 1.82) is 0 Å². The SMILES string of the molecule is CCC1CCCCC1OC(CI)c1cccc(Cl)c1. The van der Waals surface area contributed by atoms with E-state index >= 15 is 0 Å². The van der Waals surface area contributed by atoms with Crippen LogP contribution in [-0.2, 0) is 4.74 Å². The summed E-state index contributed by atoms with van der Waals surface area (Å²) in [6.07, 6.45) is 7.05. The second kappa shape index (κ2) is 7.84. The first kappa shape index (κ1) is 15.6. The van der Waals surface area contributed by atoms with Crippen LogP contribution < -0.4 is 0 Å². The van der Waals surface area contributed by atoms with Crippen molar-refractivity contribution in [2.45, 2.75) is 51.2 Å². The molecule has 1 nitrogen and oxygen atoms in total. The van der Waals surface area contributed by atoms with Gasteiger partial charge in [-0.05, 0) is 36.5 Å². The van der Waals surface area contributed by atoms with Gasteiger partial charge in [-0.1, -0.05) is 72.5 Å². The minimum Gasteiger partial charge on any atom is -0.369 e. The summed E-state index contributed by atoms with van der Waals surface area (Å²) in [7, 11) is 0. The van der Waals surface area contributed by atoms with Gasteiger partial charge in [0, 0.05) is 9.45 Å². The van der Waals surface area contributed by atoms with E-state index in [-0.39, 0.29) is 6.10 Å². The molecular formula is C16H22ClIO. The third-order valence-corrected chi connectivity index (χ3v) is 5.10. The highest BCUT2D eigenvalue weighted by Gasteiger charge is 2.27. The topological polar surface area (TPSA) is 9.23 Å². The highest BCUT2D eigenvalue weighted by molar-refractivity contribution is 14.1. The van der Waals surface area contributed by atoms with Crippen LogP contribution in [-0.4, -0.2) is 10.5 Å². The summed E-state index contributed by atoms with van der Waals surface area (Å²) < 4.78 is 7.40. The molecule has 3 unspecified atom stereocenters. The van der Waals surface area contributed by atoms with Crippen molar-refractivity contribution >= 4 is 34.2 Å². The summed E-state index contributed by atoms with van der Waals surface area (Å²) in [4.78, 5) is 0. The predicted molar refractivity (Wildman–Crippen MR) is 90.2 cm³/mol. The van der Waals surface area contributed by atoms with Gasteiger partial charge in [0.25, 0.3) is 0 Å². The molecule has 0 saturated heterocycles. The van der Waals surface area contributed by atoms with Gasteiger partial charge in [-0.3, -0.25) is 0 Å². The maximum Gasteiger partial charge on any atom is 0.0918 e. The van der Waals surface area contributed by atoms with E-state index < -0.39 is 0 Å². The zero-order valence-corrected chi connectivity index (χ0v) is 14.4. The van der Waals surface area contributed by atoms with Gasteiger partial charge >= 0.3 is 0 Å². The Labute approximate surface area is 135 Å². The molecule has 1 aliphatic carbocycles. The second-order valence-corrected chi connectivity index (χ2v) is 6.64. The first-order chi connectivity index (χ1) is 9.24. The summed E-state index contributed by atoms with van der Waals surface area (Å²) in [5, 5.41) is 0.798. The molecular weight excluding hydrogens is 371 g/mol. The van der Waals surface area contributed by atoms with Crippen molar-refractivity contribution in [3.63, 3.8) is 0 Å². The Morgan fingerprint density at radius 1 is 1.37 bits per heavy atom. The monoisotopic (exact) mass is 392 g/mol. The van der Waals surface area contributed by atoms with E-state index in [2.05, 4.69) is 35.6 Å². The molecule has 1 aromatic carbocycles. The number of rotatable bonds is 5. The Balaban J connectivity index is 2.05. The van der Waals surface area contributed by atoms with Gasteiger partial charge in [0.05, 0.1) is 12.2 Å². The number of halogens is 2. The summed E-state index contributed by atoms with van der Waals surface area (Å²) in [5.74, 6) is 0.735. The van der Waals surface area contributed by atoms with E-state index in [9.17, 15) is 0 Å². The van der Waals surface area contributed by atoms with Gasteiger partial charge in [-0.25, -0.2) is 0 Å². The third-order valence-electron chi connectivity index (χ3n) is 4.06. The van der Waals surface area contributed by atoms with Crippen LogP contribution in [0, 0.1) is 5.92 Å². The second-order valence-electron chi connectivity index (χ2n) is 5.33. The third kappa shape index (κ3) is 4.33. The number of hydrogen-bond acceptors (Lipinski definition) is 1. The zero-order valence-electron chi connectivity index (χ0n) is 11.4. The van der Waals surface area contributed by atoms with Gasteiger partial charge in [-0.2, -0.15) is 0 Å². The molecule has 19 heavy (non-hydrogen) atoms. The number of benzene rings is 1. The van der Waals surface area contributed by atoms with Crippen LogP contribution in [0.2, 0.25) is 5.02 Å². The molecule has 0 aliphatic heterocycles. The van der Waals surface area contributed by atoms with Crippen molar-refractivity contribution in [2.24, 2.45) is 5.92 Å². The summed E-state index contributed by atoms with van der Waals surface area (Å²) in [6, 6.07) is 8.09. The van der Waals surface area contributed by atoms with Crippen LogP contribution in [0.25, 0.3) is 0 Å². The fourth-order valence-corrected chi connectivity index (χ4v) is 3.86. The van der Waals surface area contributed by atoms with Crippen LogP contribution in [0.3, 0.4) is 0 Å². The highest BCUT2D eigenvalue weighted by atomic mass is 127. The van der Waals surface area contributed by atoms with Gasteiger partial charge in [0.15, 0.2) is 0 Å². The fourth-order valence-electron chi connectivity index (χ4n) is 2.94. The van der Waals surface area contributed by atoms with Crippen molar-refractivity contribution in [2.75, 3.05) is 4.43 Å². The van der Waals surface area contributed by atoms with Gasteiger partial charge in [-0.15, -0.1) is 0 Å². The van der Waals surface area contributed by atoms with Crippen LogP contribution >= 0.6 is 34.2 Å². The Hall–Kier alpha value is 0.200. The average molecular weight is 393 g/mol. The smallest absolute Gasteiger partial charge is 0.0918 e. The van der Waals surface area contributed by atoms with Crippen molar-refractivity contribution in [3.05, 3.63) is 34.9 Å². The lowest BCUT2D eigenvalue weighted by molar-refractivity contribution is -0.0517. The maximum absolute atomic E-state index is 6.42. The number of ether oxygens (including phenoxy) is 1. The molecule has 1 aliphatic rings. The summed E-state index contributed by atoms with van der Waals surface area (Å²) in [5.41, 5.74) is 1.21. The first-order valence-electron chi connectivity index (χ1n) is 7.21. The maximum atomic E-state index is 6.42. The van der Waals surface area contributed by atoms with E-state index in [0.717, 1.165) is 15.4 Å². The van der Waals surface area contributed by atoms with Crippen molar-refractivity contribution in [3.8, 4) is 0 Å². The molecule has 106 valence electrons. The molecule has 1 fully saturated rings. The zero-order chi connectivity index (χ0) is 13.7. The lowest BCUT2D eigenvalue weighted by Crippen LogP contribution is -2.29. The molecule has 0 N–H and O–H groups in total. The molecule has 0 aromatic heterocycles. The van der Waals surface area contributed by atoms with Crippen molar-refractivity contribution < 1.29 is 4.74 Å². The number of alkyl halides is 1. The summed E-state index contributed by atoms with van der Waals surface area (Å²) in [6.45, 7) is 2.28. The normalized spacial score (nSPS) is 25.2. The number of hydrogen-bond donors (Lipinski definition) is 0. The first-order valence-corrected chi connectivity index (χ1v) is 9.11. The Kier molecular flexibility index (Phi) is 6.43. The van der Waals surface area contributed by atoms with Crippen LogP contribution in [0.5, 0.6) is 0 Å². The van der Waals surface area contributed by atoms with Gasteiger partial charge in [0.1, 0.15) is 0 Å². The Morgan fingerprint density at radius 2 is 2.16 bits per heavy atom. The molecule has 0 spiro atoms. The molecule has 0 radical (unpaired) electrons. The van der Waals surface area contributed by atoms with E-state index in [0.29, 0.717) is 6.10 Å². The van der Waals surface area contributed by atoms with E-state index in [4.69, 9.17) is 16.3 Å². The minimum atomic E-state index is 0.177. The quantitative estimate of drug-likeness (QED) is 0.454. The molecule has 1 aromatic rings. The van der Waals surface area contributed by atoms with Gasteiger partial charge < -0.3 is 4.74 Å². The van der Waals surface area contributed by atoms with E-state index in [1.165, 1.54) is 37.7 Å². The molecule has 1 saturated carbocycles. The largest absolute Gasteiger partial charge is 0.369 e. The molecule has 0 bridgehead atoms. The molecule has 3 heteroatoms. The van der Waals surface area contributed by atoms with E-state index in [1.807, 2.05) is 18.2 Å². The Morgan fingerprint density at radius 3 is 2.84 bits per heavy atom. The molecule has 0 amide bonds. The molecule has 0 heterocycles. The molecule has 3 atom stereocenters. The summed E-state index contributed by atoms with van der Waals surface area (Å²) >= 11 is 8.50. The Bertz CT molecular complexity index is 396.